The molecule has 1 aliphatic heterocycles. The second kappa shape index (κ2) is 9.11. The largest absolute Gasteiger partial charge is 0.503 e. The number of ketones is 1. The molecule has 0 radical (unpaired) electrons. The van der Waals surface area contributed by atoms with Gasteiger partial charge in [-0.15, -0.1) is 0 Å². The first-order valence-electron chi connectivity index (χ1n) is 10.0. The molecule has 7 heteroatoms. The number of phenols is 1. The van der Waals surface area contributed by atoms with Crippen LogP contribution in [0.15, 0.2) is 32.9 Å². The number of esters is 1. The number of carbonyl (C=O) groups is 2. The van der Waals surface area contributed by atoms with Crippen molar-refractivity contribution < 1.29 is 24.2 Å². The Morgan fingerprint density at radius 2 is 2.07 bits per heavy atom. The van der Waals surface area contributed by atoms with E-state index in [0.717, 1.165) is 12.1 Å². The van der Waals surface area contributed by atoms with Crippen LogP contribution in [0.5, 0.6) is 11.5 Å². The van der Waals surface area contributed by atoms with E-state index in [-0.39, 0.29) is 17.5 Å². The standard InChI is InChI=1S/C22H26BrNO5/c1-4-9-29-22(27)18-12(3)24-15-7-6-8-16(25)20(15)19(18)13-10-14(23)21(26)17(11-13)28-5-2/h10-11,18-19,26H,4-9H2,1-3H3/t18?,19-/m0/s1. The van der Waals surface area contributed by atoms with E-state index in [4.69, 9.17) is 9.47 Å². The van der Waals surface area contributed by atoms with Gasteiger partial charge in [-0.25, -0.2) is 0 Å². The van der Waals surface area contributed by atoms with Gasteiger partial charge in [0.25, 0.3) is 0 Å². The summed E-state index contributed by atoms with van der Waals surface area (Å²) < 4.78 is 11.5. The summed E-state index contributed by atoms with van der Waals surface area (Å²) in [5.41, 5.74) is 2.70. The molecule has 0 saturated heterocycles. The van der Waals surface area contributed by atoms with Gasteiger partial charge in [-0.3, -0.25) is 14.6 Å². The summed E-state index contributed by atoms with van der Waals surface area (Å²) >= 11 is 3.37. The monoisotopic (exact) mass is 463 g/mol. The van der Waals surface area contributed by atoms with Crippen molar-refractivity contribution in [2.45, 2.75) is 52.4 Å². The van der Waals surface area contributed by atoms with Crippen LogP contribution in [-0.4, -0.2) is 35.8 Å². The number of hydrogen-bond donors (Lipinski definition) is 1. The van der Waals surface area contributed by atoms with Crippen LogP contribution in [-0.2, 0) is 14.3 Å². The number of rotatable bonds is 6. The van der Waals surface area contributed by atoms with Crippen molar-refractivity contribution >= 4 is 33.4 Å². The first kappa shape index (κ1) is 21.6. The van der Waals surface area contributed by atoms with Crippen LogP contribution in [0.25, 0.3) is 0 Å². The lowest BCUT2D eigenvalue weighted by molar-refractivity contribution is -0.146. The molecule has 1 aromatic rings. The molecule has 6 nitrogen and oxygen atoms in total. The molecule has 156 valence electrons. The van der Waals surface area contributed by atoms with Crippen molar-refractivity contribution in [3.63, 3.8) is 0 Å². The maximum atomic E-state index is 13.0. The van der Waals surface area contributed by atoms with E-state index in [0.29, 0.717) is 59.5 Å². The lowest BCUT2D eigenvalue weighted by Gasteiger charge is -2.34. The van der Waals surface area contributed by atoms with Crippen LogP contribution in [0.2, 0.25) is 0 Å². The smallest absolute Gasteiger partial charge is 0.315 e. The Kier molecular flexibility index (Phi) is 6.77. The van der Waals surface area contributed by atoms with Gasteiger partial charge >= 0.3 is 5.97 Å². The Morgan fingerprint density at radius 1 is 1.31 bits per heavy atom. The summed E-state index contributed by atoms with van der Waals surface area (Å²) in [6, 6.07) is 3.45. The van der Waals surface area contributed by atoms with Crippen molar-refractivity contribution in [1.29, 1.82) is 0 Å². The van der Waals surface area contributed by atoms with Crippen molar-refractivity contribution in [2.24, 2.45) is 10.9 Å². The van der Waals surface area contributed by atoms with Gasteiger partial charge in [0.1, 0.15) is 5.92 Å². The van der Waals surface area contributed by atoms with Crippen LogP contribution in [0.3, 0.4) is 0 Å². The van der Waals surface area contributed by atoms with Gasteiger partial charge < -0.3 is 14.6 Å². The van der Waals surface area contributed by atoms with Gasteiger partial charge in [0.05, 0.1) is 17.7 Å². The molecule has 3 rings (SSSR count). The minimum absolute atomic E-state index is 0.00826. The fourth-order valence-corrected chi connectivity index (χ4v) is 4.46. The van der Waals surface area contributed by atoms with E-state index < -0.39 is 11.8 Å². The number of phenolic OH excluding ortho intramolecular Hbond substituents is 1. The third kappa shape index (κ3) is 4.25. The maximum absolute atomic E-state index is 13.0. The van der Waals surface area contributed by atoms with E-state index in [1.165, 1.54) is 0 Å². The van der Waals surface area contributed by atoms with Crippen LogP contribution in [0.1, 0.15) is 57.9 Å². The third-order valence-corrected chi connectivity index (χ3v) is 5.85. The molecule has 0 fully saturated rings. The highest BCUT2D eigenvalue weighted by Crippen LogP contribution is 2.47. The molecule has 1 unspecified atom stereocenters. The molecule has 29 heavy (non-hydrogen) atoms. The molecule has 0 aromatic heterocycles. The molecular formula is C22H26BrNO5. The predicted octanol–water partition coefficient (Wildman–Crippen LogP) is 4.69. The fourth-order valence-electron chi connectivity index (χ4n) is 4.00. The van der Waals surface area contributed by atoms with Gasteiger partial charge in [0.15, 0.2) is 17.3 Å². The Labute approximate surface area is 179 Å². The zero-order valence-corrected chi connectivity index (χ0v) is 18.5. The minimum Gasteiger partial charge on any atom is -0.503 e. The molecule has 1 aromatic carbocycles. The predicted molar refractivity (Wildman–Crippen MR) is 113 cm³/mol. The number of aromatic hydroxyl groups is 1. The third-order valence-electron chi connectivity index (χ3n) is 5.25. The molecule has 0 amide bonds. The fraction of sp³-hybridized carbons (Fsp3) is 0.500. The van der Waals surface area contributed by atoms with Crippen LogP contribution >= 0.6 is 15.9 Å². The molecule has 2 aliphatic rings. The SMILES string of the molecule is CCCOC(=O)C1C(C)=NC2=C(C(=O)CCC2)[C@H]1c1cc(Br)c(O)c(OCC)c1. The van der Waals surface area contributed by atoms with E-state index >= 15 is 0 Å². The van der Waals surface area contributed by atoms with Crippen LogP contribution < -0.4 is 4.74 Å². The normalized spacial score (nSPS) is 21.5. The maximum Gasteiger partial charge on any atom is 0.315 e. The highest BCUT2D eigenvalue weighted by atomic mass is 79.9. The summed E-state index contributed by atoms with van der Waals surface area (Å²) in [5.74, 6) is -1.27. The van der Waals surface area contributed by atoms with Crippen molar-refractivity contribution in [2.75, 3.05) is 13.2 Å². The van der Waals surface area contributed by atoms with Crippen LogP contribution in [0.4, 0.5) is 0 Å². The summed E-state index contributed by atoms with van der Waals surface area (Å²) in [4.78, 5) is 30.5. The lowest BCUT2D eigenvalue weighted by atomic mass is 9.71. The van der Waals surface area contributed by atoms with E-state index in [9.17, 15) is 14.7 Å². The van der Waals surface area contributed by atoms with Gasteiger partial charge in [-0.1, -0.05) is 6.92 Å². The van der Waals surface area contributed by atoms with Gasteiger partial charge in [0.2, 0.25) is 0 Å². The molecule has 0 saturated carbocycles. The highest BCUT2D eigenvalue weighted by molar-refractivity contribution is 9.10. The molecule has 1 aliphatic carbocycles. The summed E-state index contributed by atoms with van der Waals surface area (Å²) in [5, 5.41) is 10.3. The topological polar surface area (TPSA) is 85.2 Å². The lowest BCUT2D eigenvalue weighted by Crippen LogP contribution is -2.37. The molecule has 1 heterocycles. The zero-order valence-electron chi connectivity index (χ0n) is 17.0. The van der Waals surface area contributed by atoms with Gasteiger partial charge in [-0.2, -0.15) is 0 Å². The Hall–Kier alpha value is -2.15. The number of nitrogens with zero attached hydrogens (tertiary/aromatic N) is 1. The number of ether oxygens (including phenoxy) is 2. The summed E-state index contributed by atoms with van der Waals surface area (Å²) in [6.07, 6.45) is 2.63. The number of hydrogen-bond acceptors (Lipinski definition) is 6. The number of allylic oxidation sites excluding steroid dienone is 2. The molecule has 0 spiro atoms. The van der Waals surface area contributed by atoms with Crippen molar-refractivity contribution in [3.05, 3.63) is 33.4 Å². The highest BCUT2D eigenvalue weighted by Gasteiger charge is 2.43. The van der Waals surface area contributed by atoms with Gasteiger partial charge in [0, 0.05) is 29.3 Å². The van der Waals surface area contributed by atoms with E-state index in [1.807, 2.05) is 20.8 Å². The van der Waals surface area contributed by atoms with E-state index in [2.05, 4.69) is 20.9 Å². The van der Waals surface area contributed by atoms with Crippen molar-refractivity contribution in [3.8, 4) is 11.5 Å². The second-order valence-corrected chi connectivity index (χ2v) is 8.15. The first-order valence-corrected chi connectivity index (χ1v) is 10.8. The second-order valence-electron chi connectivity index (χ2n) is 7.30. The van der Waals surface area contributed by atoms with Gasteiger partial charge in [-0.05, 0) is 66.7 Å². The summed E-state index contributed by atoms with van der Waals surface area (Å²) in [6.45, 7) is 6.27. The average molecular weight is 464 g/mol. The van der Waals surface area contributed by atoms with Crippen molar-refractivity contribution in [1.82, 2.24) is 0 Å². The molecular weight excluding hydrogens is 438 g/mol. The number of aliphatic imine (C=N–C) groups is 1. The number of halogens is 1. The molecule has 1 N–H and O–H groups in total. The number of Topliss-reactive ketones (excluding diaryl/α,β-unsaturated/α-hetero) is 1. The Balaban J connectivity index is 2.16. The Morgan fingerprint density at radius 3 is 2.76 bits per heavy atom. The zero-order chi connectivity index (χ0) is 21.1. The average Bonchev–Trinajstić information content (AvgIpc) is 2.68. The number of benzene rings is 1. The van der Waals surface area contributed by atoms with E-state index in [1.54, 1.807) is 12.1 Å². The number of carbonyl (C=O) groups excluding carboxylic acids is 2. The molecule has 2 atom stereocenters. The summed E-state index contributed by atoms with van der Waals surface area (Å²) in [7, 11) is 0. The Bertz CT molecular complexity index is 889. The molecule has 0 bridgehead atoms. The quantitative estimate of drug-likeness (QED) is 0.618. The minimum atomic E-state index is -0.687. The van der Waals surface area contributed by atoms with Crippen LogP contribution in [0, 0.1) is 5.92 Å². The first-order chi connectivity index (χ1) is 13.9.